The molecule has 1 aromatic rings. The molecule has 4 heteroatoms. The molecule has 0 amide bonds. The van der Waals surface area contributed by atoms with Crippen LogP contribution in [0, 0.1) is 12.7 Å². The molecule has 0 aromatic heterocycles. The van der Waals surface area contributed by atoms with Crippen LogP contribution in [0.25, 0.3) is 0 Å². The summed E-state index contributed by atoms with van der Waals surface area (Å²) < 4.78 is 23.3. The Morgan fingerprint density at radius 1 is 1.29 bits per heavy atom. The topological polar surface area (TPSA) is 35.5 Å². The Hall–Kier alpha value is -1.58. The molecule has 0 aliphatic carbocycles. The standard InChI is InChI=1S/C10H11FO3/c1-6-4-7(5-12)8(11)10(14-3)9(6)13-2/h4-5H,1-3H3. The smallest absolute Gasteiger partial charge is 0.197 e. The van der Waals surface area contributed by atoms with Gasteiger partial charge in [-0.1, -0.05) is 0 Å². The number of hydrogen-bond donors (Lipinski definition) is 0. The van der Waals surface area contributed by atoms with E-state index in [1.165, 1.54) is 20.3 Å². The lowest BCUT2D eigenvalue weighted by Gasteiger charge is -2.12. The second-order valence-electron chi connectivity index (χ2n) is 2.78. The number of halogens is 1. The summed E-state index contributed by atoms with van der Waals surface area (Å²) in [6.07, 6.45) is 0.449. The van der Waals surface area contributed by atoms with Gasteiger partial charge in [0, 0.05) is 0 Å². The summed E-state index contributed by atoms with van der Waals surface area (Å²) in [6, 6.07) is 1.42. The monoisotopic (exact) mass is 198 g/mol. The van der Waals surface area contributed by atoms with E-state index in [2.05, 4.69) is 0 Å². The molecule has 0 bridgehead atoms. The maximum Gasteiger partial charge on any atom is 0.197 e. The molecule has 0 aliphatic heterocycles. The van der Waals surface area contributed by atoms with Gasteiger partial charge in [0.2, 0.25) is 0 Å². The lowest BCUT2D eigenvalue weighted by molar-refractivity contribution is 0.111. The zero-order chi connectivity index (χ0) is 10.7. The Balaban J connectivity index is 3.47. The number of aldehydes is 1. The predicted molar refractivity (Wildman–Crippen MR) is 49.6 cm³/mol. The van der Waals surface area contributed by atoms with Crippen molar-refractivity contribution < 1.29 is 18.7 Å². The van der Waals surface area contributed by atoms with Crippen molar-refractivity contribution in [3.63, 3.8) is 0 Å². The van der Waals surface area contributed by atoms with Gasteiger partial charge in [-0.25, -0.2) is 4.39 Å². The lowest BCUT2D eigenvalue weighted by atomic mass is 10.1. The van der Waals surface area contributed by atoms with Gasteiger partial charge < -0.3 is 9.47 Å². The van der Waals surface area contributed by atoms with Crippen LogP contribution in [0.1, 0.15) is 15.9 Å². The molecule has 0 spiro atoms. The number of benzene rings is 1. The number of rotatable bonds is 3. The van der Waals surface area contributed by atoms with Crippen molar-refractivity contribution in [1.82, 2.24) is 0 Å². The SMILES string of the molecule is COc1c(C)cc(C=O)c(F)c1OC. The fourth-order valence-corrected chi connectivity index (χ4v) is 1.29. The largest absolute Gasteiger partial charge is 0.492 e. The molecule has 0 unspecified atom stereocenters. The van der Waals surface area contributed by atoms with Gasteiger partial charge in [0.05, 0.1) is 19.8 Å². The molecule has 0 aliphatic rings. The Morgan fingerprint density at radius 3 is 2.29 bits per heavy atom. The van der Waals surface area contributed by atoms with Crippen LogP contribution in [-0.2, 0) is 0 Å². The zero-order valence-corrected chi connectivity index (χ0v) is 8.26. The highest BCUT2D eigenvalue weighted by atomic mass is 19.1. The summed E-state index contributed by atoms with van der Waals surface area (Å²) >= 11 is 0. The van der Waals surface area contributed by atoms with Crippen LogP contribution in [0.15, 0.2) is 6.07 Å². The normalized spacial score (nSPS) is 9.71. The summed E-state index contributed by atoms with van der Waals surface area (Å²) in [4.78, 5) is 10.5. The molecular formula is C10H11FO3. The maximum absolute atomic E-state index is 13.5. The quantitative estimate of drug-likeness (QED) is 0.696. The van der Waals surface area contributed by atoms with Gasteiger partial charge in [0.1, 0.15) is 0 Å². The van der Waals surface area contributed by atoms with Gasteiger partial charge in [0.25, 0.3) is 0 Å². The van der Waals surface area contributed by atoms with Crippen molar-refractivity contribution in [2.24, 2.45) is 0 Å². The average molecular weight is 198 g/mol. The van der Waals surface area contributed by atoms with E-state index >= 15 is 0 Å². The zero-order valence-electron chi connectivity index (χ0n) is 8.26. The first-order valence-electron chi connectivity index (χ1n) is 4.02. The molecule has 0 saturated heterocycles. The van der Waals surface area contributed by atoms with Crippen LogP contribution < -0.4 is 9.47 Å². The fraction of sp³-hybridized carbons (Fsp3) is 0.300. The van der Waals surface area contributed by atoms with Crippen molar-refractivity contribution in [3.8, 4) is 11.5 Å². The van der Waals surface area contributed by atoms with Gasteiger partial charge in [-0.05, 0) is 18.6 Å². The molecule has 0 heterocycles. The summed E-state index contributed by atoms with van der Waals surface area (Å²) in [5.74, 6) is -0.407. The molecule has 0 fully saturated rings. The number of carbonyl (C=O) groups is 1. The van der Waals surface area contributed by atoms with E-state index in [9.17, 15) is 9.18 Å². The number of ether oxygens (including phenoxy) is 2. The van der Waals surface area contributed by atoms with Crippen molar-refractivity contribution in [2.75, 3.05) is 14.2 Å². The molecule has 14 heavy (non-hydrogen) atoms. The van der Waals surface area contributed by atoms with E-state index in [-0.39, 0.29) is 11.3 Å². The van der Waals surface area contributed by atoms with Crippen LogP contribution >= 0.6 is 0 Å². The highest BCUT2D eigenvalue weighted by Crippen LogP contribution is 2.34. The predicted octanol–water partition coefficient (Wildman–Crippen LogP) is 1.96. The summed E-state index contributed by atoms with van der Waals surface area (Å²) in [7, 11) is 2.75. The molecular weight excluding hydrogens is 187 g/mol. The van der Waals surface area contributed by atoms with Crippen molar-refractivity contribution in [1.29, 1.82) is 0 Å². The van der Waals surface area contributed by atoms with Crippen molar-refractivity contribution in [3.05, 3.63) is 23.0 Å². The third-order valence-electron chi connectivity index (χ3n) is 1.92. The Morgan fingerprint density at radius 2 is 1.86 bits per heavy atom. The van der Waals surface area contributed by atoms with Gasteiger partial charge in [0.15, 0.2) is 23.6 Å². The van der Waals surface area contributed by atoms with Crippen LogP contribution in [0.3, 0.4) is 0 Å². The Bertz CT molecular complexity index is 361. The molecule has 76 valence electrons. The minimum atomic E-state index is -0.690. The van der Waals surface area contributed by atoms with Crippen LogP contribution in [0.5, 0.6) is 11.5 Å². The minimum absolute atomic E-state index is 0.0276. The van der Waals surface area contributed by atoms with E-state index < -0.39 is 5.82 Å². The Kier molecular flexibility index (Phi) is 3.06. The molecule has 3 nitrogen and oxygen atoms in total. The highest BCUT2D eigenvalue weighted by molar-refractivity contribution is 5.78. The molecule has 0 radical (unpaired) electrons. The Labute approximate surface area is 81.4 Å². The number of hydrogen-bond acceptors (Lipinski definition) is 3. The highest BCUT2D eigenvalue weighted by Gasteiger charge is 2.17. The number of aryl methyl sites for hydroxylation is 1. The van der Waals surface area contributed by atoms with E-state index in [4.69, 9.17) is 9.47 Å². The van der Waals surface area contributed by atoms with Crippen molar-refractivity contribution in [2.45, 2.75) is 6.92 Å². The molecule has 0 N–H and O–H groups in total. The third kappa shape index (κ3) is 1.55. The van der Waals surface area contributed by atoms with Crippen molar-refractivity contribution >= 4 is 6.29 Å². The number of carbonyl (C=O) groups excluding carboxylic acids is 1. The fourth-order valence-electron chi connectivity index (χ4n) is 1.29. The van der Waals surface area contributed by atoms with E-state index in [1.807, 2.05) is 0 Å². The first-order chi connectivity index (χ1) is 6.65. The van der Waals surface area contributed by atoms with Gasteiger partial charge in [-0.15, -0.1) is 0 Å². The van der Waals surface area contributed by atoms with Crippen LogP contribution in [0.4, 0.5) is 4.39 Å². The summed E-state index contributed by atoms with van der Waals surface area (Å²) in [5, 5.41) is 0. The van der Waals surface area contributed by atoms with Gasteiger partial charge in [-0.3, -0.25) is 4.79 Å². The molecule has 0 atom stereocenters. The van der Waals surface area contributed by atoms with E-state index in [0.717, 1.165) is 0 Å². The first kappa shape index (κ1) is 10.5. The van der Waals surface area contributed by atoms with E-state index in [0.29, 0.717) is 17.6 Å². The molecule has 1 rings (SSSR count). The van der Waals surface area contributed by atoms with Crippen LogP contribution in [0.2, 0.25) is 0 Å². The van der Waals surface area contributed by atoms with Gasteiger partial charge in [-0.2, -0.15) is 0 Å². The summed E-state index contributed by atoms with van der Waals surface area (Å²) in [5.41, 5.74) is 0.632. The first-order valence-corrected chi connectivity index (χ1v) is 4.02. The lowest BCUT2D eigenvalue weighted by Crippen LogP contribution is -2.00. The average Bonchev–Trinajstić information content (AvgIpc) is 2.20. The summed E-state index contributed by atoms with van der Waals surface area (Å²) in [6.45, 7) is 1.72. The van der Waals surface area contributed by atoms with Gasteiger partial charge >= 0.3 is 0 Å². The second-order valence-corrected chi connectivity index (χ2v) is 2.78. The third-order valence-corrected chi connectivity index (χ3v) is 1.92. The molecule has 0 saturated carbocycles. The maximum atomic E-state index is 13.5. The second kappa shape index (κ2) is 4.09. The minimum Gasteiger partial charge on any atom is -0.492 e. The van der Waals surface area contributed by atoms with E-state index in [1.54, 1.807) is 6.92 Å². The number of methoxy groups -OCH3 is 2. The van der Waals surface area contributed by atoms with Crippen LogP contribution in [-0.4, -0.2) is 20.5 Å². The molecule has 1 aromatic carbocycles.